The monoisotopic (exact) mass is 408 g/mol. The first-order chi connectivity index (χ1) is 13.8. The van der Waals surface area contributed by atoms with Crippen LogP contribution in [-0.2, 0) is 18.3 Å². The Hall–Kier alpha value is -3.12. The molecule has 7 heteroatoms. The Morgan fingerprint density at radius 1 is 1.14 bits per heavy atom. The maximum atomic E-state index is 13.4. The van der Waals surface area contributed by atoms with Gasteiger partial charge in [-0.15, -0.1) is 0 Å². The Morgan fingerprint density at radius 2 is 1.83 bits per heavy atom. The number of benzene rings is 2. The Bertz CT molecular complexity index is 1320. The fourth-order valence-corrected chi connectivity index (χ4v) is 3.72. The van der Waals surface area contributed by atoms with E-state index in [9.17, 15) is 9.59 Å². The van der Waals surface area contributed by atoms with Gasteiger partial charge in [-0.2, -0.15) is 9.78 Å². The predicted molar refractivity (Wildman–Crippen MR) is 116 cm³/mol. The van der Waals surface area contributed by atoms with Crippen LogP contribution in [-0.4, -0.2) is 39.3 Å². The van der Waals surface area contributed by atoms with Gasteiger partial charge in [-0.05, 0) is 31.2 Å². The van der Waals surface area contributed by atoms with E-state index in [-0.39, 0.29) is 17.9 Å². The van der Waals surface area contributed by atoms with E-state index < -0.39 is 0 Å². The molecule has 0 aliphatic rings. The van der Waals surface area contributed by atoms with Gasteiger partial charge in [0.05, 0.1) is 23.3 Å². The van der Waals surface area contributed by atoms with Crippen LogP contribution in [0.5, 0.6) is 0 Å². The highest BCUT2D eigenvalue weighted by atomic mass is 35.5. The van der Waals surface area contributed by atoms with E-state index in [1.165, 1.54) is 9.58 Å². The summed E-state index contributed by atoms with van der Waals surface area (Å²) in [6.07, 6.45) is 0.0946. The molecule has 6 nitrogen and oxygen atoms in total. The summed E-state index contributed by atoms with van der Waals surface area (Å²) in [5.41, 5.74) is 3.40. The molecule has 0 bridgehead atoms. The number of likely N-dealkylation sites (N-methyl/N-ethyl adjacent to an activating group) is 1. The van der Waals surface area contributed by atoms with E-state index in [4.69, 9.17) is 11.6 Å². The summed E-state index contributed by atoms with van der Waals surface area (Å²) in [4.78, 5) is 27.4. The lowest BCUT2D eigenvalue weighted by Crippen LogP contribution is -2.28. The minimum Gasteiger partial charge on any atom is -0.348 e. The molecule has 1 amide bonds. The van der Waals surface area contributed by atoms with Gasteiger partial charge in [-0.1, -0.05) is 35.4 Å². The third kappa shape index (κ3) is 3.19. The zero-order valence-corrected chi connectivity index (χ0v) is 17.5. The standard InChI is InChI=1S/C22H21ClN4O2/c1-13-5-8-15(9-6-13)27-22(29)21-20(17(24-27)12-19(28)25(2)3)16-10-7-14(23)11-18(16)26(21)4/h5-11H,12H2,1-4H3. The van der Waals surface area contributed by atoms with E-state index >= 15 is 0 Å². The van der Waals surface area contributed by atoms with E-state index in [1.807, 2.05) is 54.9 Å². The number of hydrogen-bond donors (Lipinski definition) is 0. The lowest BCUT2D eigenvalue weighted by atomic mass is 10.1. The van der Waals surface area contributed by atoms with Gasteiger partial charge < -0.3 is 9.47 Å². The topological polar surface area (TPSA) is 60.1 Å². The number of carbonyl (C=O) groups is 1. The Labute approximate surface area is 172 Å². The number of halogens is 1. The van der Waals surface area contributed by atoms with Crippen LogP contribution in [0, 0.1) is 6.92 Å². The Balaban J connectivity index is 2.11. The van der Waals surface area contributed by atoms with Crippen molar-refractivity contribution in [2.24, 2.45) is 7.05 Å². The number of amides is 1. The maximum absolute atomic E-state index is 13.4. The van der Waals surface area contributed by atoms with Crippen molar-refractivity contribution in [3.63, 3.8) is 0 Å². The van der Waals surface area contributed by atoms with E-state index in [0.29, 0.717) is 27.3 Å². The average molecular weight is 409 g/mol. The molecule has 0 unspecified atom stereocenters. The number of fused-ring (bicyclic) bond motifs is 3. The number of carbonyl (C=O) groups excluding carboxylic acids is 1. The second-order valence-corrected chi connectivity index (χ2v) is 7.84. The van der Waals surface area contributed by atoms with Crippen LogP contribution in [0.15, 0.2) is 47.3 Å². The van der Waals surface area contributed by atoms with Gasteiger partial charge in [0.25, 0.3) is 5.56 Å². The number of aromatic nitrogens is 3. The molecule has 0 fully saturated rings. The van der Waals surface area contributed by atoms with Crippen molar-refractivity contribution in [1.82, 2.24) is 19.2 Å². The van der Waals surface area contributed by atoms with Crippen molar-refractivity contribution in [2.75, 3.05) is 14.1 Å². The van der Waals surface area contributed by atoms with Crippen LogP contribution < -0.4 is 5.56 Å². The maximum Gasteiger partial charge on any atom is 0.296 e. The summed E-state index contributed by atoms with van der Waals surface area (Å²) in [6, 6.07) is 13.1. The highest BCUT2D eigenvalue weighted by Crippen LogP contribution is 2.30. The first kappa shape index (κ1) is 19.2. The van der Waals surface area contributed by atoms with Crippen LogP contribution >= 0.6 is 11.6 Å². The normalized spacial score (nSPS) is 11.3. The average Bonchev–Trinajstić information content (AvgIpc) is 2.97. The third-order valence-corrected chi connectivity index (χ3v) is 5.40. The summed E-state index contributed by atoms with van der Waals surface area (Å²) in [5, 5.41) is 6.76. The molecule has 2 heterocycles. The largest absolute Gasteiger partial charge is 0.348 e. The van der Waals surface area contributed by atoms with Crippen molar-refractivity contribution in [3.05, 3.63) is 69.1 Å². The molecule has 2 aromatic heterocycles. The third-order valence-electron chi connectivity index (χ3n) is 5.16. The summed E-state index contributed by atoms with van der Waals surface area (Å²) in [5.74, 6) is -0.0844. The highest BCUT2D eigenvalue weighted by molar-refractivity contribution is 6.31. The van der Waals surface area contributed by atoms with Crippen molar-refractivity contribution in [1.29, 1.82) is 0 Å². The molecule has 0 aliphatic heterocycles. The molecular formula is C22H21ClN4O2. The fraction of sp³-hybridized carbons (Fsp3) is 0.227. The molecule has 0 aliphatic carbocycles. The fourth-order valence-electron chi connectivity index (χ4n) is 3.55. The molecular weight excluding hydrogens is 388 g/mol. The minimum absolute atomic E-state index is 0.0844. The lowest BCUT2D eigenvalue weighted by Gasteiger charge is -2.13. The molecule has 0 radical (unpaired) electrons. The van der Waals surface area contributed by atoms with Crippen molar-refractivity contribution in [2.45, 2.75) is 13.3 Å². The molecule has 148 valence electrons. The first-order valence-electron chi connectivity index (χ1n) is 9.25. The molecule has 4 rings (SSSR count). The van der Waals surface area contributed by atoms with Gasteiger partial charge in [0.1, 0.15) is 5.52 Å². The van der Waals surface area contributed by atoms with Gasteiger partial charge in [-0.25, -0.2) is 0 Å². The molecule has 0 spiro atoms. The van der Waals surface area contributed by atoms with Crippen LogP contribution in [0.1, 0.15) is 11.3 Å². The van der Waals surface area contributed by atoms with E-state index in [0.717, 1.165) is 16.5 Å². The van der Waals surface area contributed by atoms with Crippen LogP contribution in [0.2, 0.25) is 5.02 Å². The van der Waals surface area contributed by atoms with E-state index in [1.54, 1.807) is 20.2 Å². The Morgan fingerprint density at radius 3 is 2.48 bits per heavy atom. The molecule has 0 saturated carbocycles. The van der Waals surface area contributed by atoms with Gasteiger partial charge in [0.15, 0.2) is 0 Å². The molecule has 29 heavy (non-hydrogen) atoms. The van der Waals surface area contributed by atoms with Crippen molar-refractivity contribution >= 4 is 39.3 Å². The quantitative estimate of drug-likeness (QED) is 0.521. The predicted octanol–water partition coefficient (Wildman–Crippen LogP) is 3.47. The highest BCUT2D eigenvalue weighted by Gasteiger charge is 2.21. The molecule has 0 atom stereocenters. The molecule has 4 aromatic rings. The SMILES string of the molecule is Cc1ccc(-n2nc(CC(=O)N(C)C)c3c4ccc(Cl)cc4n(C)c3c2=O)cc1. The second kappa shape index (κ2) is 7.04. The summed E-state index contributed by atoms with van der Waals surface area (Å²) >= 11 is 6.19. The Kier molecular flexibility index (Phi) is 4.67. The number of aryl methyl sites for hydroxylation is 2. The van der Waals surface area contributed by atoms with Crippen LogP contribution in [0.25, 0.3) is 27.5 Å². The molecule has 0 N–H and O–H groups in total. The van der Waals surface area contributed by atoms with Gasteiger partial charge in [0.2, 0.25) is 5.91 Å². The minimum atomic E-state index is -0.236. The number of rotatable bonds is 3. The van der Waals surface area contributed by atoms with Gasteiger partial charge in [0, 0.05) is 36.9 Å². The molecule has 0 saturated heterocycles. The summed E-state index contributed by atoms with van der Waals surface area (Å²) in [6.45, 7) is 1.98. The zero-order chi connectivity index (χ0) is 20.9. The van der Waals surface area contributed by atoms with Gasteiger partial charge >= 0.3 is 0 Å². The number of nitrogens with zero attached hydrogens (tertiary/aromatic N) is 4. The zero-order valence-electron chi connectivity index (χ0n) is 16.7. The van der Waals surface area contributed by atoms with Crippen LogP contribution in [0.3, 0.4) is 0 Å². The molecule has 2 aromatic carbocycles. The summed E-state index contributed by atoms with van der Waals surface area (Å²) in [7, 11) is 5.25. The van der Waals surface area contributed by atoms with E-state index in [2.05, 4.69) is 5.10 Å². The summed E-state index contributed by atoms with van der Waals surface area (Å²) < 4.78 is 3.20. The number of hydrogen-bond acceptors (Lipinski definition) is 3. The lowest BCUT2D eigenvalue weighted by molar-refractivity contribution is -0.128. The first-order valence-corrected chi connectivity index (χ1v) is 9.62. The van der Waals surface area contributed by atoms with Crippen molar-refractivity contribution < 1.29 is 4.79 Å². The second-order valence-electron chi connectivity index (χ2n) is 7.41. The van der Waals surface area contributed by atoms with Crippen LogP contribution in [0.4, 0.5) is 0 Å². The van der Waals surface area contributed by atoms with Gasteiger partial charge in [-0.3, -0.25) is 9.59 Å². The van der Waals surface area contributed by atoms with Crippen molar-refractivity contribution in [3.8, 4) is 5.69 Å². The smallest absolute Gasteiger partial charge is 0.296 e.